The molecular formula is C31H40N6O3. The second-order valence-electron chi connectivity index (χ2n) is 11.5. The lowest BCUT2D eigenvalue weighted by Gasteiger charge is -2.31. The predicted molar refractivity (Wildman–Crippen MR) is 156 cm³/mol. The van der Waals surface area contributed by atoms with Crippen molar-refractivity contribution >= 4 is 17.5 Å². The van der Waals surface area contributed by atoms with E-state index in [1.165, 1.54) is 17.7 Å². The number of pyridine rings is 1. The molecule has 9 heteroatoms. The van der Waals surface area contributed by atoms with Gasteiger partial charge >= 0.3 is 5.97 Å². The first kappa shape index (κ1) is 26.8. The zero-order chi connectivity index (χ0) is 27.3. The van der Waals surface area contributed by atoms with Crippen LogP contribution >= 0.6 is 0 Å². The van der Waals surface area contributed by atoms with E-state index in [4.69, 9.17) is 9.72 Å². The Balaban J connectivity index is 1.14. The van der Waals surface area contributed by atoms with Crippen molar-refractivity contribution in [1.82, 2.24) is 20.1 Å². The average Bonchev–Trinajstić information content (AvgIpc) is 3.69. The molecule has 0 radical (unpaired) electrons. The highest BCUT2D eigenvalue weighted by Gasteiger charge is 2.27. The number of rotatable bonds is 10. The first-order chi connectivity index (χ1) is 19.6. The van der Waals surface area contributed by atoms with Gasteiger partial charge in [-0.15, -0.1) is 0 Å². The lowest BCUT2D eigenvalue weighted by Crippen LogP contribution is -2.36. The van der Waals surface area contributed by atoms with Crippen LogP contribution in [0.15, 0.2) is 42.7 Å². The number of hydrogen-bond acceptors (Lipinski definition) is 7. The number of nitrogens with zero attached hydrogens (tertiary/aromatic N) is 4. The molecule has 3 aliphatic heterocycles. The molecule has 3 aromatic rings. The summed E-state index contributed by atoms with van der Waals surface area (Å²) in [7, 11) is 0. The number of nitrogens with one attached hydrogen (secondary N) is 2. The van der Waals surface area contributed by atoms with Crippen LogP contribution in [-0.4, -0.2) is 83.6 Å². The van der Waals surface area contributed by atoms with E-state index in [2.05, 4.69) is 55.6 Å². The third kappa shape index (κ3) is 6.47. The van der Waals surface area contributed by atoms with Crippen molar-refractivity contribution in [3.05, 3.63) is 59.5 Å². The maximum absolute atomic E-state index is 12.0. The highest BCUT2D eigenvalue weighted by molar-refractivity contribution is 5.71. The topological polar surface area (TPSA) is 107 Å². The number of anilines is 2. The standard InChI is InChI=1S/C31H40N6O3/c38-30(39)17-26(24-14-25(27-18-33-34-19-27)16-29(15-24)37-10-12-40-13-11-37)21-36-9-7-22(20-36)3-5-28-6-4-23-2-1-8-32-31(23)35-28/h4,6,14-16,18-19,22,26H,1-3,5,7-13,17,20-21H2,(H,32,35)(H,33,34)(H,38,39)/t22-,26-/m1/s1. The Morgan fingerprint density at radius 1 is 1.15 bits per heavy atom. The number of benzene rings is 1. The monoisotopic (exact) mass is 544 g/mol. The van der Waals surface area contributed by atoms with Crippen molar-refractivity contribution in [3.63, 3.8) is 0 Å². The molecular weight excluding hydrogens is 504 g/mol. The molecule has 2 fully saturated rings. The summed E-state index contributed by atoms with van der Waals surface area (Å²) in [5, 5.41) is 20.4. The van der Waals surface area contributed by atoms with Gasteiger partial charge < -0.3 is 25.0 Å². The van der Waals surface area contributed by atoms with Crippen LogP contribution in [0.5, 0.6) is 0 Å². The predicted octanol–water partition coefficient (Wildman–Crippen LogP) is 4.18. The zero-order valence-corrected chi connectivity index (χ0v) is 23.1. The second kappa shape index (κ2) is 12.4. The van der Waals surface area contributed by atoms with Crippen LogP contribution in [0.2, 0.25) is 0 Å². The molecule has 2 saturated heterocycles. The molecule has 5 heterocycles. The molecule has 6 rings (SSSR count). The number of likely N-dealkylation sites (tertiary alicyclic amines) is 1. The van der Waals surface area contributed by atoms with E-state index in [9.17, 15) is 9.90 Å². The maximum atomic E-state index is 12.0. The van der Waals surface area contributed by atoms with Gasteiger partial charge in [0.1, 0.15) is 5.82 Å². The van der Waals surface area contributed by atoms with E-state index in [0.717, 1.165) is 93.1 Å². The number of aromatic amines is 1. The number of ether oxygens (including phenoxy) is 1. The Morgan fingerprint density at radius 3 is 2.88 bits per heavy atom. The summed E-state index contributed by atoms with van der Waals surface area (Å²) in [4.78, 5) is 21.7. The fourth-order valence-electron chi connectivity index (χ4n) is 6.43. The van der Waals surface area contributed by atoms with E-state index in [1.54, 1.807) is 0 Å². The van der Waals surface area contributed by atoms with Crippen molar-refractivity contribution in [2.45, 2.75) is 44.4 Å². The normalized spacial score (nSPS) is 20.2. The fourth-order valence-corrected chi connectivity index (χ4v) is 6.43. The maximum Gasteiger partial charge on any atom is 0.304 e. The molecule has 0 unspecified atom stereocenters. The van der Waals surface area contributed by atoms with Gasteiger partial charge in [-0.1, -0.05) is 12.1 Å². The van der Waals surface area contributed by atoms with Gasteiger partial charge in [0.05, 0.1) is 25.8 Å². The highest BCUT2D eigenvalue weighted by atomic mass is 16.5. The van der Waals surface area contributed by atoms with Crippen molar-refractivity contribution in [2.24, 2.45) is 5.92 Å². The first-order valence-electron chi connectivity index (χ1n) is 14.7. The van der Waals surface area contributed by atoms with Gasteiger partial charge in [0.2, 0.25) is 0 Å². The Kier molecular flexibility index (Phi) is 8.29. The number of carboxylic acids is 1. The number of hydrogen-bond donors (Lipinski definition) is 3. The molecule has 1 aromatic carbocycles. The van der Waals surface area contributed by atoms with Crippen molar-refractivity contribution in [2.75, 3.05) is 62.7 Å². The van der Waals surface area contributed by atoms with E-state index in [1.807, 2.05) is 12.4 Å². The summed E-state index contributed by atoms with van der Waals surface area (Å²) in [5.74, 6) is 0.839. The molecule has 0 aliphatic carbocycles. The minimum absolute atomic E-state index is 0.0868. The molecule has 40 heavy (non-hydrogen) atoms. The van der Waals surface area contributed by atoms with Gasteiger partial charge in [-0.2, -0.15) is 5.10 Å². The highest BCUT2D eigenvalue weighted by Crippen LogP contribution is 2.34. The average molecular weight is 545 g/mol. The summed E-state index contributed by atoms with van der Waals surface area (Å²) < 4.78 is 5.58. The van der Waals surface area contributed by atoms with Crippen molar-refractivity contribution < 1.29 is 14.6 Å². The third-order valence-electron chi connectivity index (χ3n) is 8.65. The Bertz CT molecular complexity index is 1290. The minimum atomic E-state index is -0.755. The van der Waals surface area contributed by atoms with Crippen molar-refractivity contribution in [3.8, 4) is 11.1 Å². The molecule has 0 spiro atoms. The van der Waals surface area contributed by atoms with Gasteiger partial charge in [0.15, 0.2) is 0 Å². The van der Waals surface area contributed by atoms with Crippen LogP contribution in [0.3, 0.4) is 0 Å². The third-order valence-corrected chi connectivity index (χ3v) is 8.65. The summed E-state index contributed by atoms with van der Waals surface area (Å²) in [6.45, 7) is 6.86. The van der Waals surface area contributed by atoms with Crippen LogP contribution in [0.4, 0.5) is 11.5 Å². The van der Waals surface area contributed by atoms with E-state index >= 15 is 0 Å². The number of carbonyl (C=O) groups is 1. The Hall–Kier alpha value is -3.43. The number of aryl methyl sites for hydroxylation is 2. The molecule has 0 amide bonds. The number of aliphatic carboxylic acids is 1. The number of morpholine rings is 1. The SMILES string of the molecule is O=C(O)C[C@H](CN1CC[C@@H](CCc2ccc3c(n2)NCCC3)C1)c1cc(-c2cn[nH]c2)cc(N2CCOCC2)c1. The Morgan fingerprint density at radius 2 is 2.05 bits per heavy atom. The number of H-pyrrole nitrogens is 1. The van der Waals surface area contributed by atoms with Crippen LogP contribution in [0.25, 0.3) is 11.1 Å². The number of fused-ring (bicyclic) bond motifs is 1. The molecule has 9 nitrogen and oxygen atoms in total. The molecule has 0 bridgehead atoms. The molecule has 2 aromatic heterocycles. The molecule has 212 valence electrons. The molecule has 3 N–H and O–H groups in total. The molecule has 0 saturated carbocycles. The lowest BCUT2D eigenvalue weighted by atomic mass is 9.91. The van der Waals surface area contributed by atoms with E-state index in [0.29, 0.717) is 19.1 Å². The van der Waals surface area contributed by atoms with Gasteiger partial charge in [-0.05, 0) is 79.5 Å². The molecule has 2 atom stereocenters. The first-order valence-corrected chi connectivity index (χ1v) is 14.7. The smallest absolute Gasteiger partial charge is 0.304 e. The summed E-state index contributed by atoms with van der Waals surface area (Å²) in [6.07, 6.45) is 9.38. The second-order valence-corrected chi connectivity index (χ2v) is 11.5. The summed E-state index contributed by atoms with van der Waals surface area (Å²) in [6, 6.07) is 11.0. The summed E-state index contributed by atoms with van der Waals surface area (Å²) >= 11 is 0. The van der Waals surface area contributed by atoms with Gasteiger partial charge in [-0.25, -0.2) is 4.98 Å². The van der Waals surface area contributed by atoms with E-state index in [-0.39, 0.29) is 12.3 Å². The van der Waals surface area contributed by atoms with E-state index < -0.39 is 5.97 Å². The zero-order valence-electron chi connectivity index (χ0n) is 23.1. The largest absolute Gasteiger partial charge is 0.481 e. The number of aromatic nitrogens is 3. The summed E-state index contributed by atoms with van der Waals surface area (Å²) in [5.41, 5.74) is 6.78. The number of carboxylic acid groups (broad SMARTS) is 1. The molecule has 3 aliphatic rings. The van der Waals surface area contributed by atoms with Crippen LogP contribution in [-0.2, 0) is 22.4 Å². The van der Waals surface area contributed by atoms with Crippen LogP contribution in [0.1, 0.15) is 48.4 Å². The Labute approximate surface area is 235 Å². The van der Waals surface area contributed by atoms with Gasteiger partial charge in [0, 0.05) is 61.8 Å². The van der Waals surface area contributed by atoms with Gasteiger partial charge in [0.25, 0.3) is 0 Å². The van der Waals surface area contributed by atoms with Gasteiger partial charge in [-0.3, -0.25) is 9.89 Å². The van der Waals surface area contributed by atoms with Crippen LogP contribution in [0, 0.1) is 5.92 Å². The minimum Gasteiger partial charge on any atom is -0.481 e. The van der Waals surface area contributed by atoms with Crippen LogP contribution < -0.4 is 10.2 Å². The lowest BCUT2D eigenvalue weighted by molar-refractivity contribution is -0.137. The van der Waals surface area contributed by atoms with Crippen molar-refractivity contribution in [1.29, 1.82) is 0 Å². The quantitative estimate of drug-likeness (QED) is 0.349. The fraction of sp³-hybridized carbons (Fsp3) is 0.516.